The first-order valence-corrected chi connectivity index (χ1v) is 8.90. The molecule has 2 aromatic rings. The molecule has 0 amide bonds. The third kappa shape index (κ3) is 4.52. The second-order valence-corrected chi connectivity index (χ2v) is 6.56. The van der Waals surface area contributed by atoms with Gasteiger partial charge in [0.1, 0.15) is 17.4 Å². The average molecular weight is 363 g/mol. The second-order valence-electron chi connectivity index (χ2n) is 6.18. The van der Waals surface area contributed by atoms with Gasteiger partial charge in [0.25, 0.3) is 5.56 Å². The number of hydrogen-bond donors (Lipinski definition) is 0. The summed E-state index contributed by atoms with van der Waals surface area (Å²) in [5.74, 6) is 0.770. The van der Waals surface area contributed by atoms with Gasteiger partial charge in [0.15, 0.2) is 0 Å². The molecule has 0 bridgehead atoms. The van der Waals surface area contributed by atoms with E-state index in [0.29, 0.717) is 13.2 Å². The molecule has 0 aliphatic carbocycles. The summed E-state index contributed by atoms with van der Waals surface area (Å²) < 4.78 is 6.98. The Hall–Kier alpha value is -2.05. The molecule has 0 saturated carbocycles. The van der Waals surface area contributed by atoms with Gasteiger partial charge in [-0.15, -0.1) is 0 Å². The topological polar surface area (TPSA) is 50.6 Å². The SMILES string of the molecule is CN1CCCN(c2cnn(CCOc3ccccc3)c(=O)c2Cl)CC1. The summed E-state index contributed by atoms with van der Waals surface area (Å²) >= 11 is 6.35. The maximum Gasteiger partial charge on any atom is 0.287 e. The number of halogens is 1. The highest BCUT2D eigenvalue weighted by molar-refractivity contribution is 6.33. The zero-order valence-electron chi connectivity index (χ0n) is 14.4. The number of nitrogens with zero attached hydrogens (tertiary/aromatic N) is 4. The lowest BCUT2D eigenvalue weighted by Crippen LogP contribution is -2.32. The van der Waals surface area contributed by atoms with Crippen molar-refractivity contribution in [3.8, 4) is 5.75 Å². The van der Waals surface area contributed by atoms with Gasteiger partial charge < -0.3 is 14.5 Å². The van der Waals surface area contributed by atoms with E-state index in [9.17, 15) is 4.79 Å². The molecule has 1 saturated heterocycles. The molecule has 0 radical (unpaired) electrons. The third-order valence-corrected chi connectivity index (χ3v) is 4.70. The standard InChI is InChI=1S/C18H23ClN4O2/c1-21-8-5-9-22(11-10-21)16-14-20-23(18(24)17(16)19)12-13-25-15-6-3-2-4-7-15/h2-4,6-7,14H,5,8-13H2,1H3. The van der Waals surface area contributed by atoms with Gasteiger partial charge in [-0.05, 0) is 32.1 Å². The summed E-state index contributed by atoms with van der Waals surface area (Å²) in [7, 11) is 2.11. The van der Waals surface area contributed by atoms with Crippen LogP contribution in [0.4, 0.5) is 5.69 Å². The molecule has 1 aromatic heterocycles. The van der Waals surface area contributed by atoms with Crippen molar-refractivity contribution in [3.63, 3.8) is 0 Å². The second kappa shape index (κ2) is 8.36. The van der Waals surface area contributed by atoms with Crippen molar-refractivity contribution >= 4 is 17.3 Å². The molecule has 1 aliphatic heterocycles. The molecule has 134 valence electrons. The van der Waals surface area contributed by atoms with Crippen LogP contribution in [0.15, 0.2) is 41.3 Å². The first-order valence-electron chi connectivity index (χ1n) is 8.52. The highest BCUT2D eigenvalue weighted by Gasteiger charge is 2.18. The molecule has 7 heteroatoms. The average Bonchev–Trinajstić information content (AvgIpc) is 2.84. The Kier molecular flexibility index (Phi) is 5.94. The van der Waals surface area contributed by atoms with E-state index < -0.39 is 0 Å². The number of hydrogen-bond acceptors (Lipinski definition) is 5. The zero-order chi connectivity index (χ0) is 17.6. The molecule has 0 spiro atoms. The Morgan fingerprint density at radius 1 is 1.16 bits per heavy atom. The lowest BCUT2D eigenvalue weighted by Gasteiger charge is -2.23. The largest absolute Gasteiger partial charge is 0.492 e. The van der Waals surface area contributed by atoms with Crippen molar-refractivity contribution in [1.82, 2.24) is 14.7 Å². The van der Waals surface area contributed by atoms with Gasteiger partial charge in [0.2, 0.25) is 0 Å². The molecule has 2 heterocycles. The van der Waals surface area contributed by atoms with E-state index in [2.05, 4.69) is 21.9 Å². The van der Waals surface area contributed by atoms with E-state index in [1.165, 1.54) is 4.68 Å². The van der Waals surface area contributed by atoms with Gasteiger partial charge in [-0.3, -0.25) is 4.79 Å². The number of rotatable bonds is 5. The number of aromatic nitrogens is 2. The van der Waals surface area contributed by atoms with Gasteiger partial charge >= 0.3 is 0 Å². The molecule has 1 fully saturated rings. The normalized spacial score (nSPS) is 15.8. The molecule has 0 unspecified atom stereocenters. The zero-order valence-corrected chi connectivity index (χ0v) is 15.2. The minimum absolute atomic E-state index is 0.235. The predicted octanol–water partition coefficient (Wildman–Crippen LogP) is 2.12. The summed E-state index contributed by atoms with van der Waals surface area (Å²) in [4.78, 5) is 16.9. The van der Waals surface area contributed by atoms with Crippen molar-refractivity contribution in [2.45, 2.75) is 13.0 Å². The molecule has 0 N–H and O–H groups in total. The van der Waals surface area contributed by atoms with E-state index in [-0.39, 0.29) is 10.6 Å². The quantitative estimate of drug-likeness (QED) is 0.815. The molecular formula is C18H23ClN4O2. The van der Waals surface area contributed by atoms with Crippen molar-refractivity contribution in [2.24, 2.45) is 0 Å². The third-order valence-electron chi connectivity index (χ3n) is 4.34. The van der Waals surface area contributed by atoms with Crippen molar-refractivity contribution in [3.05, 3.63) is 51.9 Å². The summed E-state index contributed by atoms with van der Waals surface area (Å²) in [6, 6.07) is 9.50. The predicted molar refractivity (Wildman–Crippen MR) is 99.8 cm³/mol. The van der Waals surface area contributed by atoms with Crippen molar-refractivity contribution in [2.75, 3.05) is 44.7 Å². The minimum Gasteiger partial charge on any atom is -0.492 e. The van der Waals surface area contributed by atoms with Crippen LogP contribution < -0.4 is 15.2 Å². The Balaban J connectivity index is 1.66. The van der Waals surface area contributed by atoms with Crippen LogP contribution >= 0.6 is 11.6 Å². The van der Waals surface area contributed by atoms with E-state index in [1.54, 1.807) is 6.20 Å². The fourth-order valence-electron chi connectivity index (χ4n) is 2.89. The Morgan fingerprint density at radius 3 is 2.76 bits per heavy atom. The van der Waals surface area contributed by atoms with Crippen LogP contribution in [0.25, 0.3) is 0 Å². The first-order chi connectivity index (χ1) is 12.1. The van der Waals surface area contributed by atoms with Crippen LogP contribution in [-0.2, 0) is 6.54 Å². The Bertz CT molecular complexity index is 750. The number of benzene rings is 1. The maximum absolute atomic E-state index is 12.5. The smallest absolute Gasteiger partial charge is 0.287 e. The lowest BCUT2D eigenvalue weighted by molar-refractivity contribution is 0.288. The monoisotopic (exact) mass is 362 g/mol. The summed E-state index contributed by atoms with van der Waals surface area (Å²) in [6.45, 7) is 4.45. The highest BCUT2D eigenvalue weighted by Crippen LogP contribution is 2.22. The fraction of sp³-hybridized carbons (Fsp3) is 0.444. The summed E-state index contributed by atoms with van der Waals surface area (Å²) in [5, 5.41) is 4.51. The number of anilines is 1. The molecule has 1 aliphatic rings. The molecule has 6 nitrogen and oxygen atoms in total. The molecule has 1 aromatic carbocycles. The van der Waals surface area contributed by atoms with Crippen molar-refractivity contribution < 1.29 is 4.74 Å². The van der Waals surface area contributed by atoms with E-state index in [0.717, 1.165) is 44.0 Å². The van der Waals surface area contributed by atoms with Crippen LogP contribution in [0, 0.1) is 0 Å². The van der Waals surface area contributed by atoms with Crippen LogP contribution in [0.1, 0.15) is 6.42 Å². The van der Waals surface area contributed by atoms with Gasteiger partial charge in [0.05, 0.1) is 18.4 Å². The van der Waals surface area contributed by atoms with Crippen LogP contribution in [0.5, 0.6) is 5.75 Å². The van der Waals surface area contributed by atoms with E-state index in [4.69, 9.17) is 16.3 Å². The van der Waals surface area contributed by atoms with Gasteiger partial charge in [-0.25, -0.2) is 4.68 Å². The number of likely N-dealkylation sites (N-methyl/N-ethyl adjacent to an activating group) is 1. The van der Waals surface area contributed by atoms with Crippen LogP contribution in [0.3, 0.4) is 0 Å². The molecule has 3 rings (SSSR count). The molecule has 25 heavy (non-hydrogen) atoms. The van der Waals surface area contributed by atoms with Crippen LogP contribution in [-0.4, -0.2) is 54.5 Å². The molecule has 0 atom stereocenters. The minimum atomic E-state index is -0.270. The number of ether oxygens (including phenoxy) is 1. The van der Waals surface area contributed by atoms with Gasteiger partial charge in [-0.1, -0.05) is 29.8 Å². The first kappa shape index (κ1) is 17.8. The Labute approximate surface area is 152 Å². The Morgan fingerprint density at radius 2 is 1.96 bits per heavy atom. The molecular weight excluding hydrogens is 340 g/mol. The van der Waals surface area contributed by atoms with Crippen LogP contribution in [0.2, 0.25) is 5.02 Å². The van der Waals surface area contributed by atoms with E-state index in [1.807, 2.05) is 30.3 Å². The fourth-order valence-corrected chi connectivity index (χ4v) is 3.16. The maximum atomic E-state index is 12.5. The van der Waals surface area contributed by atoms with E-state index >= 15 is 0 Å². The number of para-hydroxylation sites is 1. The van der Waals surface area contributed by atoms with Gasteiger partial charge in [-0.2, -0.15) is 5.10 Å². The van der Waals surface area contributed by atoms with Gasteiger partial charge in [0, 0.05) is 19.6 Å². The van der Waals surface area contributed by atoms with Crippen molar-refractivity contribution in [1.29, 1.82) is 0 Å². The summed E-state index contributed by atoms with van der Waals surface area (Å²) in [6.07, 6.45) is 2.73. The summed E-state index contributed by atoms with van der Waals surface area (Å²) in [5.41, 5.74) is 0.454. The highest BCUT2D eigenvalue weighted by atomic mass is 35.5. The lowest BCUT2D eigenvalue weighted by atomic mass is 10.3.